The molecule has 1 amide bonds. The van der Waals surface area contributed by atoms with Crippen molar-refractivity contribution in [3.05, 3.63) is 65.2 Å². The first-order valence-electron chi connectivity index (χ1n) is 14.0. The molecule has 1 saturated heterocycles. The Morgan fingerprint density at radius 1 is 0.950 bits per heavy atom. The van der Waals surface area contributed by atoms with Gasteiger partial charge < -0.3 is 14.7 Å². The highest BCUT2D eigenvalue weighted by atomic mass is 19.4. The Kier molecular flexibility index (Phi) is 6.06. The minimum absolute atomic E-state index is 0.0307. The molecular formula is C31H33F4NO4. The van der Waals surface area contributed by atoms with Gasteiger partial charge in [-0.3, -0.25) is 9.59 Å². The monoisotopic (exact) mass is 559 g/mol. The zero-order valence-corrected chi connectivity index (χ0v) is 22.4. The van der Waals surface area contributed by atoms with Crippen molar-refractivity contribution in [3.63, 3.8) is 0 Å². The SMILES string of the molecule is CC(F)(c1ccc2c(c1)OCC1N(C(=O)C34CCC(C(=O)O)(CC3)CC4)CCC21Cc1ccccc1)C(F)(F)F. The van der Waals surface area contributed by atoms with E-state index in [9.17, 15) is 32.3 Å². The first kappa shape index (κ1) is 27.1. The summed E-state index contributed by atoms with van der Waals surface area (Å²) in [5.41, 5.74) is -4.24. The Morgan fingerprint density at radius 2 is 1.57 bits per heavy atom. The summed E-state index contributed by atoms with van der Waals surface area (Å²) >= 11 is 0. The Morgan fingerprint density at radius 3 is 2.17 bits per heavy atom. The van der Waals surface area contributed by atoms with Crippen molar-refractivity contribution < 1.29 is 37.0 Å². The maximum atomic E-state index is 14.9. The van der Waals surface area contributed by atoms with Gasteiger partial charge in [0.15, 0.2) is 0 Å². The van der Waals surface area contributed by atoms with Gasteiger partial charge >= 0.3 is 12.1 Å². The van der Waals surface area contributed by atoms with Crippen LogP contribution in [0, 0.1) is 10.8 Å². The molecule has 0 radical (unpaired) electrons. The van der Waals surface area contributed by atoms with E-state index in [1.54, 1.807) is 6.07 Å². The summed E-state index contributed by atoms with van der Waals surface area (Å²) in [5.74, 6) is -0.516. The quantitative estimate of drug-likeness (QED) is 0.435. The maximum Gasteiger partial charge on any atom is 0.426 e. The van der Waals surface area contributed by atoms with Crippen LogP contribution in [0.4, 0.5) is 17.6 Å². The Balaban J connectivity index is 1.36. The molecule has 0 spiro atoms. The lowest BCUT2D eigenvalue weighted by Crippen LogP contribution is -2.58. The number of halogens is 4. The molecule has 0 aromatic heterocycles. The molecule has 9 heteroatoms. The lowest BCUT2D eigenvalue weighted by molar-refractivity contribution is -0.228. The number of ether oxygens (including phenoxy) is 1. The van der Waals surface area contributed by atoms with Gasteiger partial charge in [0.2, 0.25) is 11.6 Å². The number of rotatable bonds is 5. The van der Waals surface area contributed by atoms with Crippen molar-refractivity contribution in [1.29, 1.82) is 0 Å². The number of hydrogen-bond acceptors (Lipinski definition) is 3. The molecule has 214 valence electrons. The number of amides is 1. The minimum atomic E-state index is -5.08. The van der Waals surface area contributed by atoms with E-state index in [4.69, 9.17) is 4.74 Å². The molecule has 4 fully saturated rings. The number of benzene rings is 2. The van der Waals surface area contributed by atoms with Gasteiger partial charge in [-0.2, -0.15) is 13.2 Å². The second-order valence-corrected chi connectivity index (χ2v) is 12.5. The first-order chi connectivity index (χ1) is 18.8. The van der Waals surface area contributed by atoms with Crippen LogP contribution in [0.2, 0.25) is 0 Å². The fraction of sp³-hybridized carbons (Fsp3) is 0.548. The van der Waals surface area contributed by atoms with Crippen LogP contribution in [-0.2, 0) is 27.1 Å². The molecule has 7 rings (SSSR count). The Labute approximate surface area is 230 Å². The van der Waals surface area contributed by atoms with E-state index in [0.717, 1.165) is 5.56 Å². The van der Waals surface area contributed by atoms with Crippen molar-refractivity contribution in [2.45, 2.75) is 81.6 Å². The van der Waals surface area contributed by atoms with Gasteiger partial charge in [-0.05, 0) is 69.9 Å². The predicted octanol–water partition coefficient (Wildman–Crippen LogP) is 6.33. The van der Waals surface area contributed by atoms with Crippen LogP contribution in [0.3, 0.4) is 0 Å². The van der Waals surface area contributed by atoms with Crippen LogP contribution in [0.15, 0.2) is 48.5 Å². The fourth-order valence-electron chi connectivity index (χ4n) is 7.82. The summed E-state index contributed by atoms with van der Waals surface area (Å²) < 4.78 is 61.4. The van der Waals surface area contributed by atoms with E-state index in [1.807, 2.05) is 35.2 Å². The van der Waals surface area contributed by atoms with Crippen molar-refractivity contribution in [2.75, 3.05) is 13.2 Å². The summed E-state index contributed by atoms with van der Waals surface area (Å²) in [6, 6.07) is 13.3. The zero-order valence-electron chi connectivity index (χ0n) is 22.4. The molecule has 2 aliphatic heterocycles. The molecule has 40 heavy (non-hydrogen) atoms. The number of nitrogens with zero attached hydrogens (tertiary/aromatic N) is 1. The van der Waals surface area contributed by atoms with Crippen LogP contribution in [-0.4, -0.2) is 47.3 Å². The average Bonchev–Trinajstić information content (AvgIpc) is 3.32. The van der Waals surface area contributed by atoms with Crippen LogP contribution < -0.4 is 4.74 Å². The summed E-state index contributed by atoms with van der Waals surface area (Å²) in [6.45, 7) is 1.08. The third-order valence-corrected chi connectivity index (χ3v) is 10.6. The predicted molar refractivity (Wildman–Crippen MR) is 139 cm³/mol. The van der Waals surface area contributed by atoms with E-state index < -0.39 is 39.6 Å². The van der Waals surface area contributed by atoms with Gasteiger partial charge in [0.05, 0.1) is 11.5 Å². The molecule has 3 saturated carbocycles. The number of carboxylic acids is 1. The van der Waals surface area contributed by atoms with E-state index in [0.29, 0.717) is 70.4 Å². The second-order valence-electron chi connectivity index (χ2n) is 12.5. The highest BCUT2D eigenvalue weighted by Gasteiger charge is 2.61. The largest absolute Gasteiger partial charge is 0.491 e. The van der Waals surface area contributed by atoms with Gasteiger partial charge in [0, 0.05) is 28.5 Å². The van der Waals surface area contributed by atoms with E-state index in [1.165, 1.54) is 12.1 Å². The summed E-state index contributed by atoms with van der Waals surface area (Å²) in [5, 5.41) is 9.79. The third-order valence-electron chi connectivity index (χ3n) is 10.6. The van der Waals surface area contributed by atoms with Crippen LogP contribution in [0.25, 0.3) is 0 Å². The average molecular weight is 560 g/mol. The number of hydrogen-bond donors (Lipinski definition) is 1. The van der Waals surface area contributed by atoms with Gasteiger partial charge in [-0.25, -0.2) is 4.39 Å². The maximum absolute atomic E-state index is 14.9. The number of carboxylic acid groups (broad SMARTS) is 1. The van der Waals surface area contributed by atoms with E-state index in [-0.39, 0.29) is 24.3 Å². The van der Waals surface area contributed by atoms with Crippen molar-refractivity contribution >= 4 is 11.9 Å². The molecule has 2 aromatic carbocycles. The summed E-state index contributed by atoms with van der Waals surface area (Å²) in [7, 11) is 0. The van der Waals surface area contributed by atoms with E-state index >= 15 is 0 Å². The van der Waals surface area contributed by atoms with Crippen LogP contribution >= 0.6 is 0 Å². The smallest absolute Gasteiger partial charge is 0.426 e. The van der Waals surface area contributed by atoms with Crippen LogP contribution in [0.5, 0.6) is 5.75 Å². The molecular weight excluding hydrogens is 526 g/mol. The number of likely N-dealkylation sites (tertiary alicyclic amines) is 1. The molecule has 3 atom stereocenters. The van der Waals surface area contributed by atoms with Crippen LogP contribution in [0.1, 0.15) is 68.6 Å². The summed E-state index contributed by atoms with van der Waals surface area (Å²) in [4.78, 5) is 28.1. The van der Waals surface area contributed by atoms with E-state index in [2.05, 4.69) is 0 Å². The molecule has 3 unspecified atom stereocenters. The second kappa shape index (κ2) is 8.95. The number of carbonyl (C=O) groups excluding carboxylic acids is 1. The molecule has 3 aliphatic carbocycles. The standard InChI is InChI=1S/C31H33F4NO4/c1-27(32,31(33,34)35)21-7-8-22-23(17-21)40-19-24-30(22,18-20-5-3-2-4-6-20)15-16-36(24)25(37)28-9-12-29(13-10-28,14-11-28)26(38)39/h2-8,17,24H,9-16,18-19H2,1H3,(H,38,39). The highest BCUT2D eigenvalue weighted by Crippen LogP contribution is 2.59. The number of aliphatic carboxylic acids is 1. The lowest BCUT2D eigenvalue weighted by Gasteiger charge is -2.52. The zero-order chi connectivity index (χ0) is 28.6. The molecule has 2 bridgehead atoms. The van der Waals surface area contributed by atoms with Crippen molar-refractivity contribution in [1.82, 2.24) is 4.90 Å². The number of alkyl halides is 4. The minimum Gasteiger partial charge on any atom is -0.491 e. The number of fused-ring (bicyclic) bond motifs is 6. The Hall–Kier alpha value is -3.10. The fourth-order valence-corrected chi connectivity index (χ4v) is 7.82. The molecule has 2 heterocycles. The van der Waals surface area contributed by atoms with Crippen molar-refractivity contribution in [2.24, 2.45) is 10.8 Å². The molecule has 5 nitrogen and oxygen atoms in total. The highest BCUT2D eigenvalue weighted by molar-refractivity contribution is 5.86. The first-order valence-corrected chi connectivity index (χ1v) is 14.0. The summed E-state index contributed by atoms with van der Waals surface area (Å²) in [6.07, 6.45) is -0.828. The molecule has 2 aromatic rings. The normalized spacial score (nSPS) is 32.5. The van der Waals surface area contributed by atoms with Crippen molar-refractivity contribution in [3.8, 4) is 5.75 Å². The Bertz CT molecular complexity index is 1320. The van der Waals surface area contributed by atoms with Gasteiger partial charge in [0.25, 0.3) is 0 Å². The molecule has 1 N–H and O–H groups in total. The lowest BCUT2D eigenvalue weighted by atomic mass is 9.53. The third kappa shape index (κ3) is 3.86. The topological polar surface area (TPSA) is 66.8 Å². The van der Waals surface area contributed by atoms with Gasteiger partial charge in [0.1, 0.15) is 12.4 Å². The molecule has 5 aliphatic rings. The van der Waals surface area contributed by atoms with Gasteiger partial charge in [-0.1, -0.05) is 42.5 Å². The number of carbonyl (C=O) groups is 2. The van der Waals surface area contributed by atoms with Gasteiger partial charge in [-0.15, -0.1) is 0 Å².